The number of anilines is 1. The summed E-state index contributed by atoms with van der Waals surface area (Å²) in [5.74, 6) is -0.734. The fourth-order valence-corrected chi connectivity index (χ4v) is 2.97. The maximum absolute atomic E-state index is 11.4. The van der Waals surface area contributed by atoms with Gasteiger partial charge in [-0.25, -0.2) is 9.97 Å². The summed E-state index contributed by atoms with van der Waals surface area (Å²) in [5.41, 5.74) is 6.62. The fourth-order valence-electron chi connectivity index (χ4n) is 2.97. The molecule has 0 bridgehead atoms. The zero-order valence-corrected chi connectivity index (χ0v) is 14.2. The molecule has 136 valence electrons. The Morgan fingerprint density at radius 1 is 1.42 bits per heavy atom. The Labute approximate surface area is 148 Å². The highest BCUT2D eigenvalue weighted by atomic mass is 16.6. The zero-order chi connectivity index (χ0) is 18.8. The standard InChI is InChI=1S/C16H17N5O5/c1-8(22)24-6-12-11(25-9(2)23)3-13(26-12)21-5-10(4-17)14-15(18)19-7-20-16(14)21/h5,7,11-13H,3,6H2,1-2H3,(H2,18,19,20). The molecule has 0 amide bonds. The van der Waals surface area contributed by atoms with Crippen molar-refractivity contribution in [1.82, 2.24) is 14.5 Å². The maximum Gasteiger partial charge on any atom is 0.303 e. The van der Waals surface area contributed by atoms with E-state index in [0.29, 0.717) is 23.0 Å². The molecule has 2 aromatic heterocycles. The highest BCUT2D eigenvalue weighted by molar-refractivity contribution is 5.91. The van der Waals surface area contributed by atoms with Gasteiger partial charge in [0.2, 0.25) is 0 Å². The van der Waals surface area contributed by atoms with Gasteiger partial charge in [0, 0.05) is 26.5 Å². The van der Waals surface area contributed by atoms with E-state index in [4.69, 9.17) is 19.9 Å². The average molecular weight is 359 g/mol. The number of rotatable bonds is 4. The molecule has 10 nitrogen and oxygen atoms in total. The van der Waals surface area contributed by atoms with E-state index in [1.807, 2.05) is 0 Å². The van der Waals surface area contributed by atoms with Crippen molar-refractivity contribution in [3.63, 3.8) is 0 Å². The number of nitrogens with zero attached hydrogens (tertiary/aromatic N) is 4. The molecule has 10 heteroatoms. The molecule has 2 aromatic rings. The second-order valence-corrected chi connectivity index (χ2v) is 5.83. The molecule has 3 rings (SSSR count). The summed E-state index contributed by atoms with van der Waals surface area (Å²) >= 11 is 0. The molecule has 26 heavy (non-hydrogen) atoms. The van der Waals surface area contributed by atoms with E-state index in [2.05, 4.69) is 16.0 Å². The first-order valence-corrected chi connectivity index (χ1v) is 7.87. The molecule has 0 radical (unpaired) electrons. The van der Waals surface area contributed by atoms with Crippen molar-refractivity contribution in [3.05, 3.63) is 18.1 Å². The minimum absolute atomic E-state index is 0.0504. The maximum atomic E-state index is 11.4. The number of carbonyl (C=O) groups excluding carboxylic acids is 2. The Kier molecular flexibility index (Phi) is 4.73. The van der Waals surface area contributed by atoms with Gasteiger partial charge in [-0.15, -0.1) is 0 Å². The van der Waals surface area contributed by atoms with Crippen LogP contribution in [-0.4, -0.2) is 45.3 Å². The van der Waals surface area contributed by atoms with Crippen molar-refractivity contribution >= 4 is 28.8 Å². The summed E-state index contributed by atoms with van der Waals surface area (Å²) in [6, 6.07) is 2.06. The second-order valence-electron chi connectivity index (χ2n) is 5.83. The molecule has 3 heterocycles. The van der Waals surface area contributed by atoms with Crippen LogP contribution in [0, 0.1) is 11.3 Å². The van der Waals surface area contributed by atoms with Gasteiger partial charge in [-0.2, -0.15) is 5.26 Å². The predicted octanol–water partition coefficient (Wildman–Crippen LogP) is 0.667. The van der Waals surface area contributed by atoms with Crippen molar-refractivity contribution in [1.29, 1.82) is 5.26 Å². The summed E-state index contributed by atoms with van der Waals surface area (Å²) in [6.45, 7) is 2.53. The SMILES string of the molecule is CC(=O)OCC1OC(n2cc(C#N)c3c(N)ncnc32)CC1OC(C)=O. The van der Waals surface area contributed by atoms with Gasteiger partial charge in [0.25, 0.3) is 0 Å². The lowest BCUT2D eigenvalue weighted by atomic mass is 10.2. The van der Waals surface area contributed by atoms with E-state index < -0.39 is 30.4 Å². The van der Waals surface area contributed by atoms with Crippen molar-refractivity contribution in [2.75, 3.05) is 12.3 Å². The number of esters is 2. The van der Waals surface area contributed by atoms with Crippen LogP contribution in [0.3, 0.4) is 0 Å². The lowest BCUT2D eigenvalue weighted by molar-refractivity contribution is -0.155. The Balaban J connectivity index is 1.93. The average Bonchev–Trinajstić information content (AvgIpc) is 3.14. The Hall–Kier alpha value is -3.19. The summed E-state index contributed by atoms with van der Waals surface area (Å²) in [6.07, 6.45) is 1.38. The first-order valence-electron chi connectivity index (χ1n) is 7.87. The summed E-state index contributed by atoms with van der Waals surface area (Å²) in [7, 11) is 0. The number of hydrogen-bond donors (Lipinski definition) is 1. The van der Waals surface area contributed by atoms with Crippen LogP contribution in [0.1, 0.15) is 32.1 Å². The highest BCUT2D eigenvalue weighted by Crippen LogP contribution is 2.35. The Bertz CT molecular complexity index is 902. The Morgan fingerprint density at radius 2 is 2.19 bits per heavy atom. The van der Waals surface area contributed by atoms with Crippen LogP contribution in [0.4, 0.5) is 5.82 Å². The normalized spacial score (nSPS) is 22.1. The van der Waals surface area contributed by atoms with Gasteiger partial charge in [-0.3, -0.25) is 9.59 Å². The van der Waals surface area contributed by atoms with E-state index in [0.717, 1.165) is 0 Å². The van der Waals surface area contributed by atoms with Crippen LogP contribution < -0.4 is 5.73 Å². The van der Waals surface area contributed by atoms with E-state index >= 15 is 0 Å². The van der Waals surface area contributed by atoms with Gasteiger partial charge < -0.3 is 24.5 Å². The second kappa shape index (κ2) is 6.97. The summed E-state index contributed by atoms with van der Waals surface area (Å²) in [5, 5.41) is 9.78. The molecule has 0 spiro atoms. The van der Waals surface area contributed by atoms with Crippen LogP contribution in [-0.2, 0) is 23.8 Å². The quantitative estimate of drug-likeness (QED) is 0.779. The number of nitriles is 1. The molecule has 1 aliphatic rings. The minimum Gasteiger partial charge on any atom is -0.463 e. The number of carbonyl (C=O) groups is 2. The van der Waals surface area contributed by atoms with Crippen LogP contribution in [0.15, 0.2) is 12.5 Å². The zero-order valence-electron chi connectivity index (χ0n) is 14.2. The molecule has 0 aliphatic carbocycles. The number of aromatic nitrogens is 3. The third kappa shape index (κ3) is 3.29. The molecule has 1 saturated heterocycles. The topological polar surface area (TPSA) is 142 Å². The van der Waals surface area contributed by atoms with Crippen molar-refractivity contribution in [3.8, 4) is 6.07 Å². The largest absolute Gasteiger partial charge is 0.463 e. The number of hydrogen-bond acceptors (Lipinski definition) is 9. The number of nitrogen functional groups attached to an aromatic ring is 1. The molecule has 2 N–H and O–H groups in total. The van der Waals surface area contributed by atoms with E-state index in [9.17, 15) is 14.9 Å². The van der Waals surface area contributed by atoms with E-state index in [1.54, 1.807) is 10.8 Å². The van der Waals surface area contributed by atoms with Gasteiger partial charge in [-0.05, 0) is 0 Å². The van der Waals surface area contributed by atoms with E-state index in [-0.39, 0.29) is 12.4 Å². The number of fused-ring (bicyclic) bond motifs is 1. The van der Waals surface area contributed by atoms with Crippen LogP contribution in [0.2, 0.25) is 0 Å². The van der Waals surface area contributed by atoms with Crippen LogP contribution in [0.5, 0.6) is 0 Å². The Morgan fingerprint density at radius 3 is 2.85 bits per heavy atom. The first-order chi connectivity index (χ1) is 12.4. The van der Waals surface area contributed by atoms with Gasteiger partial charge in [0.1, 0.15) is 48.9 Å². The molecular formula is C16H17N5O5. The molecule has 1 aliphatic heterocycles. The van der Waals surface area contributed by atoms with Gasteiger partial charge >= 0.3 is 11.9 Å². The number of ether oxygens (including phenoxy) is 3. The van der Waals surface area contributed by atoms with Crippen LogP contribution in [0.25, 0.3) is 11.0 Å². The molecule has 3 unspecified atom stereocenters. The third-order valence-corrected chi connectivity index (χ3v) is 4.02. The summed E-state index contributed by atoms with van der Waals surface area (Å²) < 4.78 is 17.8. The highest BCUT2D eigenvalue weighted by Gasteiger charge is 2.40. The third-order valence-electron chi connectivity index (χ3n) is 4.02. The van der Waals surface area contributed by atoms with Crippen molar-refractivity contribution in [2.45, 2.75) is 38.7 Å². The molecule has 0 aromatic carbocycles. The first kappa shape index (κ1) is 17.6. The predicted molar refractivity (Wildman–Crippen MR) is 87.4 cm³/mol. The monoisotopic (exact) mass is 359 g/mol. The molecule has 1 fully saturated rings. The molecule has 3 atom stereocenters. The van der Waals surface area contributed by atoms with Crippen molar-refractivity contribution in [2.24, 2.45) is 0 Å². The van der Waals surface area contributed by atoms with Gasteiger partial charge in [0.05, 0.1) is 10.9 Å². The smallest absolute Gasteiger partial charge is 0.303 e. The van der Waals surface area contributed by atoms with E-state index in [1.165, 1.54) is 20.2 Å². The van der Waals surface area contributed by atoms with Gasteiger partial charge in [0.15, 0.2) is 0 Å². The summed E-state index contributed by atoms with van der Waals surface area (Å²) in [4.78, 5) is 30.5. The van der Waals surface area contributed by atoms with Crippen molar-refractivity contribution < 1.29 is 23.8 Å². The number of nitrogens with two attached hydrogens (primary N) is 1. The van der Waals surface area contributed by atoms with Crippen LogP contribution >= 0.6 is 0 Å². The molecule has 0 saturated carbocycles. The lowest BCUT2D eigenvalue weighted by Crippen LogP contribution is -2.31. The molecular weight excluding hydrogens is 342 g/mol. The minimum atomic E-state index is -0.630. The lowest BCUT2D eigenvalue weighted by Gasteiger charge is -2.17. The fraction of sp³-hybridized carbons (Fsp3) is 0.438. The van der Waals surface area contributed by atoms with Gasteiger partial charge in [-0.1, -0.05) is 0 Å².